The van der Waals surface area contributed by atoms with Crippen LogP contribution in [0.15, 0.2) is 24.3 Å². The molecule has 0 amide bonds. The average Bonchev–Trinajstić information content (AvgIpc) is 2.46. The summed E-state index contributed by atoms with van der Waals surface area (Å²) in [5, 5.41) is 2.86. The van der Waals surface area contributed by atoms with Gasteiger partial charge >= 0.3 is 122 Å². The fourth-order valence-electron chi connectivity index (χ4n) is 1.44. The van der Waals surface area contributed by atoms with Crippen molar-refractivity contribution in [2.75, 3.05) is 19.5 Å². The summed E-state index contributed by atoms with van der Waals surface area (Å²) in [7, 11) is 2.82. The second-order valence-corrected chi connectivity index (χ2v) is 7.21. The summed E-state index contributed by atoms with van der Waals surface area (Å²) in [4.78, 5) is 11.8. The molecule has 0 aliphatic carbocycles. The molecule has 0 atom stereocenters. The molecule has 0 bridgehead atoms. The van der Waals surface area contributed by atoms with E-state index >= 15 is 0 Å². The number of rotatable bonds is 5. The van der Waals surface area contributed by atoms with Crippen molar-refractivity contribution >= 4 is 30.2 Å². The Morgan fingerprint density at radius 3 is 1.95 bits per heavy atom. The van der Waals surface area contributed by atoms with Crippen LogP contribution in [0.4, 0.5) is 11.6 Å². The van der Waals surface area contributed by atoms with Crippen molar-refractivity contribution in [3.05, 3.63) is 24.3 Å². The van der Waals surface area contributed by atoms with E-state index in [4.69, 9.17) is 17.7 Å². The van der Waals surface area contributed by atoms with Gasteiger partial charge in [0.15, 0.2) is 0 Å². The SMILES string of the molecule is COc1nc(Nc2ccc([As](=O)(O)O)cc2)nc(OC)n1. The molecule has 0 saturated heterocycles. The van der Waals surface area contributed by atoms with Crippen LogP contribution < -0.4 is 19.1 Å². The summed E-state index contributed by atoms with van der Waals surface area (Å²) in [5.41, 5.74) is 0.554. The Morgan fingerprint density at radius 2 is 1.52 bits per heavy atom. The van der Waals surface area contributed by atoms with E-state index in [1.165, 1.54) is 38.5 Å². The number of nitrogens with zero attached hydrogens (tertiary/aromatic N) is 3. The molecule has 21 heavy (non-hydrogen) atoms. The Balaban J connectivity index is 2.23. The van der Waals surface area contributed by atoms with E-state index in [1.807, 2.05) is 0 Å². The summed E-state index contributed by atoms with van der Waals surface area (Å²) in [6.07, 6.45) is 0. The summed E-state index contributed by atoms with van der Waals surface area (Å²) in [5.74, 6) is 0.188. The molecular formula is C11H13AsN4O5. The van der Waals surface area contributed by atoms with E-state index in [0.717, 1.165) is 0 Å². The molecule has 0 aliphatic heterocycles. The zero-order chi connectivity index (χ0) is 15.5. The number of ether oxygens (including phenoxy) is 2. The molecule has 0 aliphatic rings. The molecule has 9 nitrogen and oxygen atoms in total. The van der Waals surface area contributed by atoms with Gasteiger partial charge in [-0.15, -0.1) is 0 Å². The van der Waals surface area contributed by atoms with Crippen LogP contribution in [0.1, 0.15) is 0 Å². The van der Waals surface area contributed by atoms with Crippen molar-refractivity contribution in [2.45, 2.75) is 0 Å². The minimum absolute atomic E-state index is 0.00974. The number of anilines is 2. The second-order valence-electron chi connectivity index (χ2n) is 3.85. The molecule has 10 heteroatoms. The number of nitrogens with one attached hydrogen (secondary N) is 1. The molecule has 0 saturated carbocycles. The van der Waals surface area contributed by atoms with Crippen molar-refractivity contribution in [3.8, 4) is 12.0 Å². The van der Waals surface area contributed by atoms with Gasteiger partial charge in [0, 0.05) is 0 Å². The Morgan fingerprint density at radius 1 is 1.00 bits per heavy atom. The van der Waals surface area contributed by atoms with Crippen molar-refractivity contribution in [2.24, 2.45) is 0 Å². The Hall–Kier alpha value is -2.09. The van der Waals surface area contributed by atoms with Crippen molar-refractivity contribution in [1.29, 1.82) is 0 Å². The fourth-order valence-corrected chi connectivity index (χ4v) is 2.57. The zero-order valence-corrected chi connectivity index (χ0v) is 13.1. The summed E-state index contributed by atoms with van der Waals surface area (Å²) < 4.78 is 39.1. The van der Waals surface area contributed by atoms with Crippen LogP contribution in [0.3, 0.4) is 0 Å². The van der Waals surface area contributed by atoms with Crippen LogP contribution >= 0.6 is 0 Å². The van der Waals surface area contributed by atoms with Gasteiger partial charge in [-0.3, -0.25) is 0 Å². The molecule has 0 radical (unpaired) electrons. The fraction of sp³-hybridized carbons (Fsp3) is 0.182. The number of aromatic nitrogens is 3. The Labute approximate surface area is 123 Å². The van der Waals surface area contributed by atoms with Crippen LogP contribution in [-0.2, 0) is 3.74 Å². The van der Waals surface area contributed by atoms with Gasteiger partial charge in [-0.25, -0.2) is 0 Å². The standard InChI is InChI=1S/C11H13AsN4O5/c1-20-10-14-9(15-11(16-10)21-2)13-8-5-3-7(4-6-8)12(17,18)19/h3-6H,1-2H3,(H2,17,18,19)(H,13,14,15,16). The number of benzene rings is 1. The second kappa shape index (κ2) is 6.13. The van der Waals surface area contributed by atoms with Crippen molar-refractivity contribution in [3.63, 3.8) is 0 Å². The topological polar surface area (TPSA) is 127 Å². The van der Waals surface area contributed by atoms with E-state index in [9.17, 15) is 3.74 Å². The third kappa shape index (κ3) is 3.94. The molecular weight excluding hydrogens is 343 g/mol. The normalized spacial score (nSPS) is 11.0. The van der Waals surface area contributed by atoms with Gasteiger partial charge in [0.1, 0.15) is 0 Å². The number of hydrogen-bond donors (Lipinski definition) is 3. The molecule has 3 N–H and O–H groups in total. The molecule has 1 aromatic heterocycles. The molecule has 1 aromatic carbocycles. The third-order valence-electron chi connectivity index (χ3n) is 2.42. The van der Waals surface area contributed by atoms with Crippen molar-refractivity contribution in [1.82, 2.24) is 15.0 Å². The number of hydrogen-bond acceptors (Lipinski definition) is 7. The first-order valence-corrected chi connectivity index (χ1v) is 9.08. The van der Waals surface area contributed by atoms with Crippen LogP contribution in [0, 0.1) is 0 Å². The molecule has 1 heterocycles. The maximum absolute atomic E-state index is 11.1. The van der Waals surface area contributed by atoms with E-state index in [2.05, 4.69) is 20.3 Å². The Kier molecular flexibility index (Phi) is 4.46. The van der Waals surface area contributed by atoms with Crippen LogP contribution in [0.5, 0.6) is 12.0 Å². The van der Waals surface area contributed by atoms with Gasteiger partial charge in [-0.1, -0.05) is 0 Å². The summed E-state index contributed by atoms with van der Waals surface area (Å²) >= 11 is -4.87. The van der Waals surface area contributed by atoms with Gasteiger partial charge in [-0.05, 0) is 0 Å². The number of methoxy groups -OCH3 is 2. The molecule has 112 valence electrons. The summed E-state index contributed by atoms with van der Waals surface area (Å²) in [6, 6.07) is 5.88. The average molecular weight is 356 g/mol. The van der Waals surface area contributed by atoms with Crippen molar-refractivity contribution < 1.29 is 21.4 Å². The van der Waals surface area contributed by atoms with Crippen LogP contribution in [-0.4, -0.2) is 51.5 Å². The van der Waals surface area contributed by atoms with E-state index in [0.29, 0.717) is 5.69 Å². The molecule has 2 rings (SSSR count). The maximum atomic E-state index is 11.1. The zero-order valence-electron chi connectivity index (χ0n) is 11.2. The first-order chi connectivity index (χ1) is 9.92. The van der Waals surface area contributed by atoms with E-state index in [1.54, 1.807) is 0 Å². The van der Waals surface area contributed by atoms with Crippen LogP contribution in [0.25, 0.3) is 0 Å². The molecule has 2 aromatic rings. The third-order valence-corrected chi connectivity index (χ3v) is 4.46. The predicted molar refractivity (Wildman–Crippen MR) is 73.2 cm³/mol. The van der Waals surface area contributed by atoms with Gasteiger partial charge < -0.3 is 0 Å². The quantitative estimate of drug-likeness (QED) is 0.590. The Bertz CT molecular complexity index is 651. The minimum atomic E-state index is -4.87. The van der Waals surface area contributed by atoms with Gasteiger partial charge in [-0.2, -0.15) is 0 Å². The summed E-state index contributed by atoms with van der Waals surface area (Å²) in [6.45, 7) is 0. The predicted octanol–water partition coefficient (Wildman–Crippen LogP) is -0.807. The van der Waals surface area contributed by atoms with E-state index in [-0.39, 0.29) is 22.3 Å². The van der Waals surface area contributed by atoms with E-state index < -0.39 is 14.2 Å². The monoisotopic (exact) mass is 356 g/mol. The first-order valence-electron chi connectivity index (χ1n) is 5.69. The van der Waals surface area contributed by atoms with Gasteiger partial charge in [0.25, 0.3) is 0 Å². The molecule has 0 fully saturated rings. The molecule has 0 spiro atoms. The van der Waals surface area contributed by atoms with Crippen LogP contribution in [0.2, 0.25) is 0 Å². The van der Waals surface area contributed by atoms with Gasteiger partial charge in [0.2, 0.25) is 0 Å². The van der Waals surface area contributed by atoms with Gasteiger partial charge in [0.05, 0.1) is 0 Å². The first kappa shape index (κ1) is 15.3. The molecule has 0 unspecified atom stereocenters.